The number of likely N-dealkylation sites (N-methyl/N-ethyl adjacent to an activating group) is 1. The second-order valence-electron chi connectivity index (χ2n) is 5.08. The quantitative estimate of drug-likeness (QED) is 0.890. The molecule has 5 heteroatoms. The zero-order chi connectivity index (χ0) is 13.7. The van der Waals surface area contributed by atoms with Crippen molar-refractivity contribution in [3.8, 4) is 0 Å². The van der Waals surface area contributed by atoms with Crippen LogP contribution in [0.15, 0.2) is 18.2 Å². The highest BCUT2D eigenvalue weighted by Crippen LogP contribution is 2.16. The van der Waals surface area contributed by atoms with Crippen LogP contribution in [0, 0.1) is 5.82 Å². The molecule has 0 aliphatic carbocycles. The largest absolute Gasteiger partial charge is 0.314 e. The monoisotopic (exact) mass is 285 g/mol. The van der Waals surface area contributed by atoms with Crippen LogP contribution < -0.4 is 5.32 Å². The van der Waals surface area contributed by atoms with Gasteiger partial charge in [-0.15, -0.1) is 0 Å². The van der Waals surface area contributed by atoms with Crippen molar-refractivity contribution < 1.29 is 4.39 Å². The Hall–Kier alpha value is -0.680. The van der Waals surface area contributed by atoms with Crippen molar-refractivity contribution in [2.24, 2.45) is 0 Å². The summed E-state index contributed by atoms with van der Waals surface area (Å²) in [5.74, 6) is -0.353. The summed E-state index contributed by atoms with van der Waals surface area (Å²) < 4.78 is 13.1. The minimum atomic E-state index is -0.353. The number of nitrogens with zero attached hydrogens (tertiary/aromatic N) is 2. The zero-order valence-corrected chi connectivity index (χ0v) is 12.1. The van der Waals surface area contributed by atoms with Crippen molar-refractivity contribution in [2.45, 2.75) is 6.54 Å². The smallest absolute Gasteiger partial charge is 0.141 e. The summed E-state index contributed by atoms with van der Waals surface area (Å²) in [6.07, 6.45) is 0. The van der Waals surface area contributed by atoms with Gasteiger partial charge in [0.2, 0.25) is 0 Å². The summed E-state index contributed by atoms with van der Waals surface area (Å²) in [7, 11) is 2.08. The van der Waals surface area contributed by atoms with Crippen molar-refractivity contribution in [3.05, 3.63) is 34.6 Å². The van der Waals surface area contributed by atoms with Gasteiger partial charge in [-0.2, -0.15) is 0 Å². The third-order valence-corrected chi connectivity index (χ3v) is 3.73. The summed E-state index contributed by atoms with van der Waals surface area (Å²) in [6.45, 7) is 7.29. The summed E-state index contributed by atoms with van der Waals surface area (Å²) in [5.41, 5.74) is 1.05. The first-order chi connectivity index (χ1) is 9.15. The van der Waals surface area contributed by atoms with E-state index in [4.69, 9.17) is 11.6 Å². The molecule has 19 heavy (non-hydrogen) atoms. The van der Waals surface area contributed by atoms with Crippen molar-refractivity contribution in [1.29, 1.82) is 0 Å². The highest BCUT2D eigenvalue weighted by molar-refractivity contribution is 6.30. The number of piperazine rings is 1. The normalized spacial score (nSPS) is 17.1. The third-order valence-electron chi connectivity index (χ3n) is 3.44. The fraction of sp³-hybridized carbons (Fsp3) is 0.571. The van der Waals surface area contributed by atoms with E-state index in [1.54, 1.807) is 12.1 Å². The Labute approximate surface area is 119 Å². The third kappa shape index (κ3) is 4.73. The molecule has 2 rings (SSSR count). The highest BCUT2D eigenvalue weighted by atomic mass is 35.5. The van der Waals surface area contributed by atoms with E-state index in [2.05, 4.69) is 22.2 Å². The van der Waals surface area contributed by atoms with Gasteiger partial charge in [0.1, 0.15) is 5.82 Å². The summed E-state index contributed by atoms with van der Waals surface area (Å²) in [6, 6.07) is 4.93. The molecule has 3 nitrogen and oxygen atoms in total. The molecule has 1 fully saturated rings. The minimum Gasteiger partial charge on any atom is -0.314 e. The Balaban J connectivity index is 1.76. The fourth-order valence-corrected chi connectivity index (χ4v) is 2.48. The number of nitrogens with one attached hydrogen (secondary N) is 1. The van der Waals surface area contributed by atoms with Gasteiger partial charge in [-0.1, -0.05) is 17.7 Å². The maximum absolute atomic E-state index is 13.1. The van der Waals surface area contributed by atoms with Gasteiger partial charge in [0.25, 0.3) is 0 Å². The van der Waals surface area contributed by atoms with Gasteiger partial charge in [-0.05, 0) is 24.7 Å². The molecule has 1 saturated heterocycles. The summed E-state index contributed by atoms with van der Waals surface area (Å²) >= 11 is 5.79. The molecule has 1 aromatic rings. The second kappa shape index (κ2) is 7.20. The lowest BCUT2D eigenvalue weighted by Gasteiger charge is -2.29. The van der Waals surface area contributed by atoms with Gasteiger partial charge in [-0.25, -0.2) is 4.39 Å². The second-order valence-corrected chi connectivity index (χ2v) is 5.49. The molecule has 0 saturated carbocycles. The molecule has 1 aliphatic rings. The molecular formula is C14H21ClFN3. The van der Waals surface area contributed by atoms with E-state index >= 15 is 0 Å². The van der Waals surface area contributed by atoms with Crippen LogP contribution in [-0.2, 0) is 6.54 Å². The van der Waals surface area contributed by atoms with Crippen LogP contribution in [0.25, 0.3) is 0 Å². The highest BCUT2D eigenvalue weighted by Gasteiger charge is 2.10. The lowest BCUT2D eigenvalue weighted by molar-refractivity contribution is 0.202. The van der Waals surface area contributed by atoms with Crippen molar-refractivity contribution in [3.63, 3.8) is 0 Å². The standard InChI is InChI=1S/C14H21ClFN3/c1-18(8-9-19-6-4-17-5-7-19)11-12-2-3-14(16)13(15)10-12/h2-3,10,17H,4-9,11H2,1H3. The molecule has 106 valence electrons. The Morgan fingerprint density at radius 2 is 2.11 bits per heavy atom. The average molecular weight is 286 g/mol. The predicted molar refractivity (Wildman–Crippen MR) is 77.1 cm³/mol. The molecule has 1 N–H and O–H groups in total. The molecule has 0 spiro atoms. The lowest BCUT2D eigenvalue weighted by Crippen LogP contribution is -2.45. The van der Waals surface area contributed by atoms with Gasteiger partial charge in [0, 0.05) is 45.8 Å². The molecule has 0 unspecified atom stereocenters. The Bertz CT molecular complexity index is 408. The van der Waals surface area contributed by atoms with E-state index in [1.807, 2.05) is 0 Å². The maximum Gasteiger partial charge on any atom is 0.141 e. The number of benzene rings is 1. The van der Waals surface area contributed by atoms with Gasteiger partial charge in [0.15, 0.2) is 0 Å². The number of hydrogen-bond donors (Lipinski definition) is 1. The molecule has 0 bridgehead atoms. The number of hydrogen-bond acceptors (Lipinski definition) is 3. The predicted octanol–water partition coefficient (Wildman–Crippen LogP) is 1.82. The van der Waals surface area contributed by atoms with Crippen LogP contribution in [0.4, 0.5) is 4.39 Å². The fourth-order valence-electron chi connectivity index (χ4n) is 2.28. The van der Waals surface area contributed by atoms with Gasteiger partial charge < -0.3 is 10.2 Å². The van der Waals surface area contributed by atoms with Crippen LogP contribution >= 0.6 is 11.6 Å². The van der Waals surface area contributed by atoms with Gasteiger partial charge in [-0.3, -0.25) is 4.90 Å². The molecule has 0 radical (unpaired) electrons. The van der Waals surface area contributed by atoms with Crippen LogP contribution in [0.3, 0.4) is 0 Å². The first kappa shape index (κ1) is 14.7. The first-order valence-corrected chi connectivity index (χ1v) is 7.08. The van der Waals surface area contributed by atoms with E-state index < -0.39 is 0 Å². The molecule has 1 aliphatic heterocycles. The van der Waals surface area contributed by atoms with Crippen molar-refractivity contribution in [2.75, 3.05) is 46.3 Å². The summed E-state index contributed by atoms with van der Waals surface area (Å²) in [4.78, 5) is 4.70. The number of rotatable bonds is 5. The SMILES string of the molecule is CN(CCN1CCNCC1)Cc1ccc(F)c(Cl)c1. The Kier molecular flexibility index (Phi) is 5.58. The van der Waals surface area contributed by atoms with Gasteiger partial charge >= 0.3 is 0 Å². The molecule has 0 amide bonds. The van der Waals surface area contributed by atoms with E-state index in [-0.39, 0.29) is 10.8 Å². The molecule has 1 aromatic carbocycles. The summed E-state index contributed by atoms with van der Waals surface area (Å²) in [5, 5.41) is 3.55. The van der Waals surface area contributed by atoms with Crippen molar-refractivity contribution >= 4 is 11.6 Å². The first-order valence-electron chi connectivity index (χ1n) is 6.71. The van der Waals surface area contributed by atoms with E-state index in [1.165, 1.54) is 6.07 Å². The molecule has 0 aromatic heterocycles. The molecule has 0 atom stereocenters. The number of halogens is 2. The van der Waals surface area contributed by atoms with Gasteiger partial charge in [0.05, 0.1) is 5.02 Å². The van der Waals surface area contributed by atoms with E-state index in [0.717, 1.165) is 51.4 Å². The molecular weight excluding hydrogens is 265 g/mol. The van der Waals surface area contributed by atoms with E-state index in [0.29, 0.717) is 0 Å². The average Bonchev–Trinajstić information content (AvgIpc) is 2.42. The molecule has 1 heterocycles. The zero-order valence-electron chi connectivity index (χ0n) is 11.3. The van der Waals surface area contributed by atoms with Crippen molar-refractivity contribution in [1.82, 2.24) is 15.1 Å². The van der Waals surface area contributed by atoms with Crippen LogP contribution in [-0.4, -0.2) is 56.1 Å². The topological polar surface area (TPSA) is 18.5 Å². The minimum absolute atomic E-state index is 0.202. The Morgan fingerprint density at radius 1 is 1.37 bits per heavy atom. The van der Waals surface area contributed by atoms with E-state index in [9.17, 15) is 4.39 Å². The van der Waals surface area contributed by atoms with Crippen LogP contribution in [0.5, 0.6) is 0 Å². The Morgan fingerprint density at radius 3 is 2.79 bits per heavy atom. The lowest BCUT2D eigenvalue weighted by atomic mass is 10.2. The van der Waals surface area contributed by atoms with Crippen LogP contribution in [0.1, 0.15) is 5.56 Å². The van der Waals surface area contributed by atoms with Crippen LogP contribution in [0.2, 0.25) is 5.02 Å². The maximum atomic E-state index is 13.1.